The Hall–Kier alpha value is -5.26. The number of hydrazone groups is 1. The number of amides is 1. The van der Waals surface area contributed by atoms with Gasteiger partial charge in [0, 0.05) is 23.7 Å². The lowest BCUT2D eigenvalue weighted by molar-refractivity contribution is 0.0948. The molecule has 2 heterocycles. The number of nitrogens with one attached hydrogen (secondary N) is 1. The molecule has 0 spiro atoms. The van der Waals surface area contributed by atoms with Crippen molar-refractivity contribution in [3.05, 3.63) is 83.7 Å². The Morgan fingerprint density at radius 3 is 2.62 bits per heavy atom. The van der Waals surface area contributed by atoms with Crippen LogP contribution in [0, 0.1) is 0 Å². The van der Waals surface area contributed by atoms with Crippen molar-refractivity contribution in [1.82, 2.24) is 30.7 Å². The van der Waals surface area contributed by atoms with Gasteiger partial charge < -0.3 is 15.7 Å². The van der Waals surface area contributed by atoms with E-state index < -0.39 is 5.91 Å². The van der Waals surface area contributed by atoms with Gasteiger partial charge in [-0.05, 0) is 40.8 Å². The number of aromatic hydroxyl groups is 1. The molecule has 5 rings (SSSR count). The van der Waals surface area contributed by atoms with E-state index in [2.05, 4.69) is 31.2 Å². The number of nitrogen functional groups attached to an aromatic ring is 1. The Balaban J connectivity index is 1.45. The number of anilines is 2. The monoisotopic (exact) mass is 497 g/mol. The number of nitrogens with two attached hydrogens (primary N) is 1. The van der Waals surface area contributed by atoms with Crippen LogP contribution in [0.3, 0.4) is 0 Å². The highest BCUT2D eigenvalue weighted by atomic mass is 16.6. The third kappa shape index (κ3) is 4.55. The molecule has 2 aromatic heterocycles. The second-order valence-corrected chi connectivity index (χ2v) is 8.28. The first-order valence-corrected chi connectivity index (χ1v) is 11.3. The van der Waals surface area contributed by atoms with Crippen LogP contribution < -0.4 is 16.1 Å². The lowest BCUT2D eigenvalue weighted by Gasteiger charge is -2.19. The van der Waals surface area contributed by atoms with E-state index in [0.29, 0.717) is 22.4 Å². The number of phenols is 1. The molecule has 5 aromatic rings. The van der Waals surface area contributed by atoms with E-state index in [1.165, 1.54) is 4.68 Å². The number of hydrogen-bond donors (Lipinski definition) is 3. The molecule has 4 N–H and O–H groups in total. The summed E-state index contributed by atoms with van der Waals surface area (Å²) >= 11 is 0. The van der Waals surface area contributed by atoms with Crippen LogP contribution in [0.4, 0.5) is 11.5 Å². The van der Waals surface area contributed by atoms with Crippen LogP contribution in [-0.4, -0.2) is 49.1 Å². The number of phenolic OH excluding ortho intramolecular Hbond substituents is 1. The Kier molecular flexibility index (Phi) is 6.20. The Morgan fingerprint density at radius 1 is 1.11 bits per heavy atom. The van der Waals surface area contributed by atoms with Gasteiger partial charge >= 0.3 is 0 Å². The zero-order chi connectivity index (χ0) is 25.9. The minimum absolute atomic E-state index is 0.00103. The van der Waals surface area contributed by atoms with Crippen LogP contribution in [-0.2, 0) is 6.54 Å². The van der Waals surface area contributed by atoms with Gasteiger partial charge in [0.1, 0.15) is 5.75 Å². The molecule has 3 aromatic carbocycles. The molecule has 0 aliphatic carbocycles. The van der Waals surface area contributed by atoms with Gasteiger partial charge in [-0.3, -0.25) is 4.79 Å². The maximum absolute atomic E-state index is 13.2. The average Bonchev–Trinajstić information content (AvgIpc) is 3.53. The van der Waals surface area contributed by atoms with E-state index in [1.807, 2.05) is 72.6 Å². The normalized spacial score (nSPS) is 11.6. The molecule has 0 aliphatic rings. The van der Waals surface area contributed by atoms with E-state index in [-0.39, 0.29) is 29.6 Å². The van der Waals surface area contributed by atoms with Gasteiger partial charge in [-0.25, -0.2) is 10.1 Å². The maximum Gasteiger partial charge on any atom is 0.293 e. The third-order valence-electron chi connectivity index (χ3n) is 5.87. The summed E-state index contributed by atoms with van der Waals surface area (Å²) in [6.07, 6.45) is 0. The fourth-order valence-corrected chi connectivity index (χ4v) is 3.92. The molecule has 0 saturated heterocycles. The molecule has 1 amide bonds. The number of rotatable bonds is 7. The summed E-state index contributed by atoms with van der Waals surface area (Å²) in [6.45, 7) is 1.92. The van der Waals surface area contributed by atoms with Crippen molar-refractivity contribution < 1.29 is 14.5 Å². The molecular formula is C25H23N9O3. The number of carbonyl (C=O) groups excluding carboxylic acids is 1. The predicted octanol–water partition coefficient (Wildman–Crippen LogP) is 2.88. The minimum atomic E-state index is -0.600. The first-order chi connectivity index (χ1) is 17.9. The summed E-state index contributed by atoms with van der Waals surface area (Å²) in [4.78, 5) is 15.1. The molecule has 12 heteroatoms. The summed E-state index contributed by atoms with van der Waals surface area (Å²) in [5.41, 5.74) is 10.6. The van der Waals surface area contributed by atoms with E-state index >= 15 is 0 Å². The Bertz CT molecular complexity index is 1610. The van der Waals surface area contributed by atoms with Gasteiger partial charge in [-0.15, -0.1) is 5.10 Å². The van der Waals surface area contributed by atoms with Crippen molar-refractivity contribution in [2.24, 2.45) is 5.10 Å². The van der Waals surface area contributed by atoms with Crippen molar-refractivity contribution in [2.75, 3.05) is 17.7 Å². The molecule has 0 radical (unpaired) electrons. The van der Waals surface area contributed by atoms with Gasteiger partial charge in [0.2, 0.25) is 11.6 Å². The largest absolute Gasteiger partial charge is 0.507 e. The smallest absolute Gasteiger partial charge is 0.293 e. The highest BCUT2D eigenvalue weighted by Gasteiger charge is 2.25. The van der Waals surface area contributed by atoms with E-state index in [1.54, 1.807) is 13.0 Å². The van der Waals surface area contributed by atoms with Crippen LogP contribution in [0.25, 0.3) is 16.6 Å². The summed E-state index contributed by atoms with van der Waals surface area (Å²) < 4.78 is 6.02. The maximum atomic E-state index is 13.2. The highest BCUT2D eigenvalue weighted by Crippen LogP contribution is 2.29. The first-order valence-electron chi connectivity index (χ1n) is 11.3. The summed E-state index contributed by atoms with van der Waals surface area (Å²) in [7, 11) is 1.86. The molecule has 12 nitrogen and oxygen atoms in total. The van der Waals surface area contributed by atoms with Crippen molar-refractivity contribution in [3.8, 4) is 11.6 Å². The fourth-order valence-electron chi connectivity index (χ4n) is 3.92. The number of nitrogens with zero attached hydrogens (tertiary/aromatic N) is 7. The van der Waals surface area contributed by atoms with E-state index in [4.69, 9.17) is 10.4 Å². The molecule has 0 bridgehead atoms. The quantitative estimate of drug-likeness (QED) is 0.227. The minimum Gasteiger partial charge on any atom is -0.507 e. The second-order valence-electron chi connectivity index (χ2n) is 8.28. The van der Waals surface area contributed by atoms with Crippen molar-refractivity contribution in [3.63, 3.8) is 0 Å². The number of carbonyl (C=O) groups is 1. The molecular weight excluding hydrogens is 474 g/mol. The van der Waals surface area contributed by atoms with Crippen molar-refractivity contribution in [1.29, 1.82) is 0 Å². The first kappa shape index (κ1) is 23.5. The number of para-hydroxylation sites is 1. The van der Waals surface area contributed by atoms with Gasteiger partial charge in [0.25, 0.3) is 5.91 Å². The molecule has 37 heavy (non-hydrogen) atoms. The zero-order valence-electron chi connectivity index (χ0n) is 20.0. The summed E-state index contributed by atoms with van der Waals surface area (Å²) in [5, 5.41) is 32.0. The van der Waals surface area contributed by atoms with Gasteiger partial charge in [-0.1, -0.05) is 53.7 Å². The molecule has 186 valence electrons. The number of fused-ring (bicyclic) bond motifs is 1. The standard InChI is InChI=1S/C25H23N9O3/c1-15(18-13-12-16-8-6-7-11-19(16)22(18)35)27-29-25(36)21-20(14-33(2)17-9-4-3-5-10-17)34(32-28-21)24-23(26)30-37-31-24/h3-13,35H,14H2,1-2H3,(H2,26,30)(H,29,36). The molecule has 0 fully saturated rings. The van der Waals surface area contributed by atoms with E-state index in [9.17, 15) is 9.90 Å². The topological polar surface area (TPSA) is 161 Å². The average molecular weight is 498 g/mol. The van der Waals surface area contributed by atoms with Crippen LogP contribution in [0.15, 0.2) is 76.5 Å². The lowest BCUT2D eigenvalue weighted by Crippen LogP contribution is -2.25. The Labute approximate surface area is 211 Å². The van der Waals surface area contributed by atoms with Gasteiger partial charge in [-0.2, -0.15) is 9.78 Å². The molecule has 0 unspecified atom stereocenters. The van der Waals surface area contributed by atoms with E-state index in [0.717, 1.165) is 11.1 Å². The zero-order valence-corrected chi connectivity index (χ0v) is 20.0. The second kappa shape index (κ2) is 9.77. The van der Waals surface area contributed by atoms with Crippen LogP contribution in [0.2, 0.25) is 0 Å². The van der Waals surface area contributed by atoms with Gasteiger partial charge in [0.05, 0.1) is 18.0 Å². The lowest BCUT2D eigenvalue weighted by atomic mass is 10.0. The van der Waals surface area contributed by atoms with Crippen LogP contribution in [0.1, 0.15) is 28.7 Å². The fraction of sp³-hybridized carbons (Fsp3) is 0.120. The summed E-state index contributed by atoms with van der Waals surface area (Å²) in [6, 6.07) is 20.7. The van der Waals surface area contributed by atoms with Gasteiger partial charge in [0.15, 0.2) is 5.69 Å². The molecule has 0 atom stereocenters. The van der Waals surface area contributed by atoms with Crippen molar-refractivity contribution >= 4 is 33.9 Å². The van der Waals surface area contributed by atoms with Crippen LogP contribution >= 0.6 is 0 Å². The molecule has 0 saturated carbocycles. The predicted molar refractivity (Wildman–Crippen MR) is 137 cm³/mol. The number of aromatic nitrogens is 5. The number of benzene rings is 3. The SMILES string of the molecule is CC(=NNC(=O)c1nnn(-c2nonc2N)c1CN(C)c1ccccc1)c1ccc2ccccc2c1O. The Morgan fingerprint density at radius 2 is 1.86 bits per heavy atom. The molecule has 0 aliphatic heterocycles. The van der Waals surface area contributed by atoms with Crippen molar-refractivity contribution in [2.45, 2.75) is 13.5 Å². The van der Waals surface area contributed by atoms with Crippen LogP contribution in [0.5, 0.6) is 5.75 Å². The number of hydrogen-bond acceptors (Lipinski definition) is 10. The summed E-state index contributed by atoms with van der Waals surface area (Å²) in [5.74, 6) is -0.402. The highest BCUT2D eigenvalue weighted by molar-refractivity contribution is 6.07. The third-order valence-corrected chi connectivity index (χ3v) is 5.87.